The number of carbonyl (C=O) groups excluding carboxylic acids is 1. The predicted octanol–water partition coefficient (Wildman–Crippen LogP) is 3.32. The van der Waals surface area contributed by atoms with E-state index in [1.54, 1.807) is 42.5 Å². The fraction of sp³-hybridized carbons (Fsp3) is 0.300. The fourth-order valence-corrected chi connectivity index (χ4v) is 3.07. The molecule has 7 heteroatoms. The van der Waals surface area contributed by atoms with Crippen LogP contribution in [0.3, 0.4) is 0 Å². The maximum absolute atomic E-state index is 12.6. The summed E-state index contributed by atoms with van der Waals surface area (Å²) in [5, 5.41) is 12.5. The molecule has 1 atom stereocenters. The number of benzene rings is 2. The zero-order valence-electron chi connectivity index (χ0n) is 14.6. The standard InChI is InChI=1S/C20H20ClNO5/c21-15-11-13-7-8-18(15)27-10-4-3-9-26-17-6-2-1-5-14(17)19(23)22-16(12-13)20(24)25/h1-2,5-8,11,16H,3-4,9-10,12H2,(H,22,23)(H,24,25)/t16-/m0/s1. The van der Waals surface area contributed by atoms with Crippen LogP contribution in [0.5, 0.6) is 11.5 Å². The Balaban J connectivity index is 1.90. The van der Waals surface area contributed by atoms with E-state index in [0.29, 0.717) is 40.9 Å². The summed E-state index contributed by atoms with van der Waals surface area (Å²) in [6.07, 6.45) is 1.61. The first kappa shape index (κ1) is 19.0. The molecule has 0 spiro atoms. The van der Waals surface area contributed by atoms with Crippen molar-refractivity contribution < 1.29 is 24.2 Å². The average Bonchev–Trinajstić information content (AvgIpc) is 2.64. The van der Waals surface area contributed by atoms with Crippen molar-refractivity contribution in [3.8, 4) is 11.5 Å². The third-order valence-corrected chi connectivity index (χ3v) is 4.52. The Morgan fingerprint density at radius 1 is 1.07 bits per heavy atom. The van der Waals surface area contributed by atoms with Gasteiger partial charge in [-0.3, -0.25) is 4.79 Å². The molecule has 0 saturated heterocycles. The molecule has 0 aromatic heterocycles. The van der Waals surface area contributed by atoms with Gasteiger partial charge in [0, 0.05) is 6.42 Å². The first-order chi connectivity index (χ1) is 13.0. The lowest BCUT2D eigenvalue weighted by molar-refractivity contribution is -0.139. The van der Waals surface area contributed by atoms with Crippen molar-refractivity contribution >= 4 is 23.5 Å². The molecule has 27 heavy (non-hydrogen) atoms. The summed E-state index contributed by atoms with van der Waals surface area (Å²) < 4.78 is 11.4. The lowest BCUT2D eigenvalue weighted by Gasteiger charge is -2.18. The van der Waals surface area contributed by atoms with Crippen LogP contribution in [0.4, 0.5) is 0 Å². The van der Waals surface area contributed by atoms with E-state index in [9.17, 15) is 14.7 Å². The zero-order chi connectivity index (χ0) is 19.2. The van der Waals surface area contributed by atoms with Crippen LogP contribution in [0.15, 0.2) is 42.5 Å². The Morgan fingerprint density at radius 2 is 1.78 bits per heavy atom. The Morgan fingerprint density at radius 3 is 2.48 bits per heavy atom. The molecule has 4 rings (SSSR count). The van der Waals surface area contributed by atoms with Crippen molar-refractivity contribution in [2.75, 3.05) is 13.2 Å². The molecule has 2 aromatic carbocycles. The number of amides is 1. The van der Waals surface area contributed by atoms with E-state index in [-0.39, 0.29) is 6.42 Å². The smallest absolute Gasteiger partial charge is 0.326 e. The highest BCUT2D eigenvalue weighted by atomic mass is 35.5. The molecule has 0 fully saturated rings. The molecule has 2 bridgehead atoms. The molecule has 1 amide bonds. The highest BCUT2D eigenvalue weighted by Crippen LogP contribution is 2.27. The zero-order valence-corrected chi connectivity index (χ0v) is 15.4. The summed E-state index contributed by atoms with van der Waals surface area (Å²) in [6.45, 7) is 0.908. The summed E-state index contributed by atoms with van der Waals surface area (Å²) in [5.41, 5.74) is 0.997. The number of rotatable bonds is 1. The van der Waals surface area contributed by atoms with Gasteiger partial charge in [0.05, 0.1) is 23.8 Å². The van der Waals surface area contributed by atoms with E-state index in [1.165, 1.54) is 0 Å². The lowest BCUT2D eigenvalue weighted by Crippen LogP contribution is -2.42. The minimum absolute atomic E-state index is 0.101. The Labute approximate surface area is 162 Å². The van der Waals surface area contributed by atoms with Crippen LogP contribution >= 0.6 is 11.6 Å². The monoisotopic (exact) mass is 389 g/mol. The first-order valence-electron chi connectivity index (χ1n) is 8.71. The molecule has 0 saturated carbocycles. The van der Waals surface area contributed by atoms with Gasteiger partial charge in [-0.05, 0) is 42.7 Å². The highest BCUT2D eigenvalue weighted by Gasteiger charge is 2.23. The number of nitrogens with one attached hydrogen (secondary N) is 1. The van der Waals surface area contributed by atoms with E-state index in [4.69, 9.17) is 21.1 Å². The van der Waals surface area contributed by atoms with Crippen molar-refractivity contribution in [2.24, 2.45) is 0 Å². The molecule has 2 aliphatic heterocycles. The van der Waals surface area contributed by atoms with Gasteiger partial charge in [0.2, 0.25) is 0 Å². The topological polar surface area (TPSA) is 84.9 Å². The van der Waals surface area contributed by atoms with Gasteiger partial charge in [-0.1, -0.05) is 29.8 Å². The van der Waals surface area contributed by atoms with Gasteiger partial charge in [-0.2, -0.15) is 0 Å². The molecular formula is C20H20ClNO5. The third-order valence-electron chi connectivity index (χ3n) is 4.23. The summed E-state index contributed by atoms with van der Waals surface area (Å²) in [4.78, 5) is 24.3. The summed E-state index contributed by atoms with van der Waals surface area (Å²) in [7, 11) is 0. The van der Waals surface area contributed by atoms with Crippen molar-refractivity contribution in [3.63, 3.8) is 0 Å². The van der Waals surface area contributed by atoms with E-state index in [0.717, 1.165) is 12.8 Å². The minimum Gasteiger partial charge on any atom is -0.493 e. The molecule has 0 unspecified atom stereocenters. The van der Waals surface area contributed by atoms with E-state index in [2.05, 4.69) is 5.32 Å². The lowest BCUT2D eigenvalue weighted by atomic mass is 10.0. The molecule has 2 aromatic rings. The number of hydrogen-bond donors (Lipinski definition) is 2. The van der Waals surface area contributed by atoms with Crippen LogP contribution in [-0.2, 0) is 11.2 Å². The molecule has 2 heterocycles. The number of ether oxygens (including phenoxy) is 2. The number of para-hydroxylation sites is 1. The van der Waals surface area contributed by atoms with Crippen LogP contribution in [0.2, 0.25) is 5.02 Å². The van der Waals surface area contributed by atoms with E-state index >= 15 is 0 Å². The average molecular weight is 390 g/mol. The first-order valence-corrected chi connectivity index (χ1v) is 9.09. The molecular weight excluding hydrogens is 370 g/mol. The summed E-state index contributed by atoms with van der Waals surface area (Å²) in [5.74, 6) is -0.635. The normalized spacial score (nSPS) is 18.0. The van der Waals surface area contributed by atoms with Crippen molar-refractivity contribution in [3.05, 3.63) is 58.6 Å². The van der Waals surface area contributed by atoms with Crippen molar-refractivity contribution in [2.45, 2.75) is 25.3 Å². The van der Waals surface area contributed by atoms with Gasteiger partial charge >= 0.3 is 5.97 Å². The minimum atomic E-state index is -1.13. The molecule has 2 aliphatic rings. The Hall–Kier alpha value is -2.73. The number of carbonyl (C=O) groups is 2. The van der Waals surface area contributed by atoms with Crippen LogP contribution in [0, 0.1) is 0 Å². The van der Waals surface area contributed by atoms with E-state index < -0.39 is 17.9 Å². The van der Waals surface area contributed by atoms with Gasteiger partial charge in [-0.15, -0.1) is 0 Å². The van der Waals surface area contributed by atoms with Crippen LogP contribution in [-0.4, -0.2) is 36.2 Å². The number of hydrogen-bond acceptors (Lipinski definition) is 4. The number of halogens is 1. The summed E-state index contributed by atoms with van der Waals surface area (Å²) in [6, 6.07) is 10.8. The largest absolute Gasteiger partial charge is 0.493 e. The number of carboxylic acids is 1. The fourth-order valence-electron chi connectivity index (χ4n) is 2.81. The third kappa shape index (κ3) is 4.92. The number of fused-ring (bicyclic) bond motifs is 10. The highest BCUT2D eigenvalue weighted by molar-refractivity contribution is 6.32. The molecule has 142 valence electrons. The number of aliphatic carboxylic acids is 1. The second-order valence-electron chi connectivity index (χ2n) is 6.23. The van der Waals surface area contributed by atoms with Crippen molar-refractivity contribution in [1.29, 1.82) is 0 Å². The van der Waals surface area contributed by atoms with E-state index in [1.807, 2.05) is 0 Å². The Kier molecular flexibility index (Phi) is 6.19. The van der Waals surface area contributed by atoms with Crippen LogP contribution in [0.1, 0.15) is 28.8 Å². The van der Waals surface area contributed by atoms with Crippen LogP contribution in [0.25, 0.3) is 0 Å². The van der Waals surface area contributed by atoms with Gasteiger partial charge < -0.3 is 19.9 Å². The molecule has 2 N–H and O–H groups in total. The van der Waals surface area contributed by atoms with Crippen molar-refractivity contribution in [1.82, 2.24) is 5.32 Å². The maximum Gasteiger partial charge on any atom is 0.326 e. The van der Waals surface area contributed by atoms with Gasteiger partial charge in [0.15, 0.2) is 0 Å². The van der Waals surface area contributed by atoms with Gasteiger partial charge in [-0.25, -0.2) is 4.79 Å². The number of carboxylic acid groups (broad SMARTS) is 1. The SMILES string of the molecule is O=C1N[C@H](C(=O)O)Cc2ccc(c(Cl)c2)OCCCCOc2ccccc21. The molecule has 6 nitrogen and oxygen atoms in total. The van der Waals surface area contributed by atoms with Crippen LogP contribution < -0.4 is 14.8 Å². The summed E-state index contributed by atoms with van der Waals surface area (Å²) >= 11 is 6.23. The van der Waals surface area contributed by atoms with Gasteiger partial charge in [0.25, 0.3) is 5.91 Å². The molecule has 0 aliphatic carbocycles. The molecule has 0 radical (unpaired) electrons. The maximum atomic E-state index is 12.6. The second kappa shape index (κ2) is 8.77. The quantitative estimate of drug-likeness (QED) is 0.781. The van der Waals surface area contributed by atoms with Gasteiger partial charge in [0.1, 0.15) is 17.5 Å². The predicted molar refractivity (Wildman–Crippen MR) is 101 cm³/mol. The second-order valence-corrected chi connectivity index (χ2v) is 6.64. The Bertz CT molecular complexity index is 839.